The van der Waals surface area contributed by atoms with Gasteiger partial charge in [-0.15, -0.1) is 24.0 Å². The van der Waals surface area contributed by atoms with Crippen LogP contribution in [0.25, 0.3) is 0 Å². The van der Waals surface area contributed by atoms with E-state index < -0.39 is 0 Å². The van der Waals surface area contributed by atoms with Crippen LogP contribution in [-0.2, 0) is 11.3 Å². The normalized spacial score (nSPS) is 11.2. The molecule has 0 aromatic heterocycles. The van der Waals surface area contributed by atoms with Crippen molar-refractivity contribution >= 4 is 35.6 Å². The van der Waals surface area contributed by atoms with Crippen molar-refractivity contribution in [2.45, 2.75) is 26.8 Å². The summed E-state index contributed by atoms with van der Waals surface area (Å²) in [4.78, 5) is 4.34. The van der Waals surface area contributed by atoms with E-state index in [4.69, 9.17) is 10.5 Å². The van der Waals surface area contributed by atoms with Crippen molar-refractivity contribution in [2.75, 3.05) is 32.1 Å². The van der Waals surface area contributed by atoms with Gasteiger partial charge in [-0.2, -0.15) is 0 Å². The lowest BCUT2D eigenvalue weighted by atomic mass is 10.1. The minimum atomic E-state index is 0. The molecule has 4 N–H and O–H groups in total. The van der Waals surface area contributed by atoms with Crippen LogP contribution in [0.5, 0.6) is 0 Å². The van der Waals surface area contributed by atoms with Crippen molar-refractivity contribution in [3.63, 3.8) is 0 Å². The second-order valence-corrected chi connectivity index (χ2v) is 5.43. The summed E-state index contributed by atoms with van der Waals surface area (Å²) in [6, 6.07) is 8.20. The fourth-order valence-corrected chi connectivity index (χ4v) is 1.75. The molecule has 1 rings (SSSR count). The average molecular weight is 420 g/mol. The molecule has 0 saturated carbocycles. The van der Waals surface area contributed by atoms with Crippen LogP contribution in [0.4, 0.5) is 5.69 Å². The van der Waals surface area contributed by atoms with E-state index in [9.17, 15) is 0 Å². The maximum Gasteiger partial charge on any atom is 0.188 e. The fourth-order valence-electron chi connectivity index (χ4n) is 1.75. The lowest BCUT2D eigenvalue weighted by molar-refractivity contribution is 0.211. The van der Waals surface area contributed by atoms with Crippen LogP contribution in [0.2, 0.25) is 0 Å². The molecule has 22 heavy (non-hydrogen) atoms. The molecule has 0 aliphatic carbocycles. The molecule has 0 saturated heterocycles. The first kappa shape index (κ1) is 21.0. The first-order chi connectivity index (χ1) is 10.1. The summed E-state index contributed by atoms with van der Waals surface area (Å²) >= 11 is 0. The van der Waals surface area contributed by atoms with E-state index in [-0.39, 0.29) is 24.0 Å². The third-order valence-corrected chi connectivity index (χ3v) is 3.05. The molecule has 126 valence electrons. The molecular weight excluding hydrogens is 391 g/mol. The third-order valence-electron chi connectivity index (χ3n) is 3.05. The first-order valence-electron chi connectivity index (χ1n) is 7.47. The van der Waals surface area contributed by atoms with Gasteiger partial charge in [-0.1, -0.05) is 26.0 Å². The second kappa shape index (κ2) is 12.5. The van der Waals surface area contributed by atoms with Gasteiger partial charge in [-0.3, -0.25) is 0 Å². The number of rotatable bonds is 9. The number of nitrogens with one attached hydrogen (secondary N) is 2. The predicted molar refractivity (Wildman–Crippen MR) is 105 cm³/mol. The molecule has 0 radical (unpaired) electrons. The Balaban J connectivity index is 0.00000441. The van der Waals surface area contributed by atoms with Crippen LogP contribution >= 0.6 is 24.0 Å². The minimum Gasteiger partial charge on any atom is -0.383 e. The molecule has 0 spiro atoms. The molecular formula is C16H29IN4O. The molecule has 6 heteroatoms. The van der Waals surface area contributed by atoms with Gasteiger partial charge < -0.3 is 21.1 Å². The first-order valence-corrected chi connectivity index (χ1v) is 7.47. The number of ether oxygens (including phenoxy) is 1. The number of aliphatic imine (C=N–C) groups is 1. The fraction of sp³-hybridized carbons (Fsp3) is 0.562. The number of benzene rings is 1. The molecule has 1 aromatic rings. The van der Waals surface area contributed by atoms with E-state index in [2.05, 4.69) is 41.6 Å². The summed E-state index contributed by atoms with van der Waals surface area (Å²) in [5, 5.41) is 6.41. The zero-order chi connectivity index (χ0) is 15.5. The summed E-state index contributed by atoms with van der Waals surface area (Å²) in [7, 11) is 1.70. The van der Waals surface area contributed by atoms with Crippen LogP contribution in [0.3, 0.4) is 0 Å². The SMILES string of the molecule is COCCNc1ccc(CN=C(N)NCCC(C)C)cc1.I. The third kappa shape index (κ3) is 9.83. The van der Waals surface area contributed by atoms with Gasteiger partial charge in [0.05, 0.1) is 13.2 Å². The lowest BCUT2D eigenvalue weighted by Crippen LogP contribution is -2.32. The van der Waals surface area contributed by atoms with Crippen LogP contribution in [-0.4, -0.2) is 32.8 Å². The molecule has 0 aliphatic rings. The number of methoxy groups -OCH3 is 1. The van der Waals surface area contributed by atoms with Crippen LogP contribution in [0.15, 0.2) is 29.3 Å². The predicted octanol–water partition coefficient (Wildman–Crippen LogP) is 2.81. The molecule has 0 aliphatic heterocycles. The highest BCUT2D eigenvalue weighted by atomic mass is 127. The van der Waals surface area contributed by atoms with Crippen molar-refractivity contribution in [1.82, 2.24) is 5.32 Å². The number of guanidine groups is 1. The minimum absolute atomic E-state index is 0. The maximum atomic E-state index is 5.83. The Hall–Kier alpha value is -1.02. The maximum absolute atomic E-state index is 5.83. The molecule has 1 aromatic carbocycles. The summed E-state index contributed by atoms with van der Waals surface area (Å²) in [6.45, 7) is 7.36. The molecule has 5 nitrogen and oxygen atoms in total. The highest BCUT2D eigenvalue weighted by molar-refractivity contribution is 14.0. The van der Waals surface area contributed by atoms with E-state index >= 15 is 0 Å². The van der Waals surface area contributed by atoms with Gasteiger partial charge in [0.2, 0.25) is 0 Å². The van der Waals surface area contributed by atoms with Crippen molar-refractivity contribution < 1.29 is 4.74 Å². The van der Waals surface area contributed by atoms with Crippen molar-refractivity contribution in [3.8, 4) is 0 Å². The molecule has 0 heterocycles. The highest BCUT2D eigenvalue weighted by Gasteiger charge is 1.97. The van der Waals surface area contributed by atoms with Gasteiger partial charge in [0.1, 0.15) is 0 Å². The van der Waals surface area contributed by atoms with Gasteiger partial charge in [0.15, 0.2) is 5.96 Å². The molecule has 0 amide bonds. The molecule has 0 unspecified atom stereocenters. The number of halogens is 1. The van der Waals surface area contributed by atoms with Crippen molar-refractivity contribution in [1.29, 1.82) is 0 Å². The molecule has 0 fully saturated rings. The Morgan fingerprint density at radius 3 is 2.50 bits per heavy atom. The number of anilines is 1. The Morgan fingerprint density at radius 2 is 1.91 bits per heavy atom. The van der Waals surface area contributed by atoms with Crippen LogP contribution < -0.4 is 16.4 Å². The Kier molecular flexibility index (Phi) is 11.9. The highest BCUT2D eigenvalue weighted by Crippen LogP contribution is 2.10. The van der Waals surface area contributed by atoms with E-state index in [1.54, 1.807) is 7.11 Å². The topological polar surface area (TPSA) is 71.7 Å². The van der Waals surface area contributed by atoms with Crippen LogP contribution in [0, 0.1) is 5.92 Å². The van der Waals surface area contributed by atoms with Gasteiger partial charge >= 0.3 is 0 Å². The monoisotopic (exact) mass is 420 g/mol. The largest absolute Gasteiger partial charge is 0.383 e. The van der Waals surface area contributed by atoms with Gasteiger partial charge in [0.25, 0.3) is 0 Å². The smallest absolute Gasteiger partial charge is 0.188 e. The summed E-state index contributed by atoms with van der Waals surface area (Å²) in [5.74, 6) is 1.18. The van der Waals surface area contributed by atoms with Gasteiger partial charge in [-0.25, -0.2) is 4.99 Å². The van der Waals surface area contributed by atoms with Gasteiger partial charge in [0, 0.05) is 25.9 Å². The summed E-state index contributed by atoms with van der Waals surface area (Å²) in [6.07, 6.45) is 1.10. The summed E-state index contributed by atoms with van der Waals surface area (Å²) in [5.41, 5.74) is 8.06. The quantitative estimate of drug-likeness (QED) is 0.249. The van der Waals surface area contributed by atoms with E-state index in [1.165, 1.54) is 0 Å². The summed E-state index contributed by atoms with van der Waals surface area (Å²) < 4.78 is 5.00. The zero-order valence-electron chi connectivity index (χ0n) is 13.8. The lowest BCUT2D eigenvalue weighted by Gasteiger charge is -2.08. The Morgan fingerprint density at radius 1 is 1.23 bits per heavy atom. The second-order valence-electron chi connectivity index (χ2n) is 5.43. The van der Waals surface area contributed by atoms with E-state index in [1.807, 2.05) is 12.1 Å². The number of hydrogen-bond donors (Lipinski definition) is 3. The standard InChI is InChI=1S/C16H28N4O.HI/c1-13(2)8-9-19-16(17)20-12-14-4-6-15(7-5-14)18-10-11-21-3;/h4-7,13,18H,8-12H2,1-3H3,(H3,17,19,20);1H. The van der Waals surface area contributed by atoms with Crippen molar-refractivity contribution in [3.05, 3.63) is 29.8 Å². The van der Waals surface area contributed by atoms with Crippen LogP contribution in [0.1, 0.15) is 25.8 Å². The number of nitrogens with zero attached hydrogens (tertiary/aromatic N) is 1. The number of hydrogen-bond acceptors (Lipinski definition) is 3. The Labute approximate surface area is 151 Å². The average Bonchev–Trinajstić information content (AvgIpc) is 2.46. The zero-order valence-corrected chi connectivity index (χ0v) is 16.1. The number of nitrogens with two attached hydrogens (primary N) is 1. The molecule has 0 bridgehead atoms. The molecule has 0 atom stereocenters. The Bertz CT molecular complexity index is 421. The van der Waals surface area contributed by atoms with Crippen molar-refractivity contribution in [2.24, 2.45) is 16.6 Å². The van der Waals surface area contributed by atoms with Gasteiger partial charge in [-0.05, 0) is 30.0 Å². The van der Waals surface area contributed by atoms with E-state index in [0.29, 0.717) is 25.0 Å². The van der Waals surface area contributed by atoms with E-state index in [0.717, 1.165) is 30.8 Å².